The Morgan fingerprint density at radius 1 is 1.04 bits per heavy atom. The number of carbonyl (C=O) groups excluding carboxylic acids is 1. The number of hydrogen-bond acceptors (Lipinski definition) is 3. The highest BCUT2D eigenvalue weighted by Gasteiger charge is 2.07. The molecule has 126 valence electrons. The molecule has 0 unspecified atom stereocenters. The van der Waals surface area contributed by atoms with Crippen molar-refractivity contribution in [2.75, 3.05) is 17.3 Å². The SMILES string of the molecule is CN(c1ccccc1)c1ccc(NC(=O)Cc2cccc(Br)c2)nc1. The number of nitrogens with one attached hydrogen (secondary N) is 1. The fraction of sp³-hybridized carbons (Fsp3) is 0.100. The van der Waals surface area contributed by atoms with Gasteiger partial charge in [0.05, 0.1) is 18.3 Å². The fourth-order valence-corrected chi connectivity index (χ4v) is 2.93. The number of nitrogens with zero attached hydrogens (tertiary/aromatic N) is 2. The molecule has 3 rings (SSSR count). The molecule has 0 atom stereocenters. The van der Waals surface area contributed by atoms with Crippen molar-refractivity contribution in [3.63, 3.8) is 0 Å². The van der Waals surface area contributed by atoms with E-state index in [2.05, 4.69) is 26.2 Å². The third-order valence-corrected chi connectivity index (χ3v) is 4.29. The van der Waals surface area contributed by atoms with Crippen molar-refractivity contribution in [3.05, 3.63) is 83.0 Å². The van der Waals surface area contributed by atoms with Crippen LogP contribution in [0.2, 0.25) is 0 Å². The van der Waals surface area contributed by atoms with E-state index in [0.29, 0.717) is 12.2 Å². The number of para-hydroxylation sites is 1. The van der Waals surface area contributed by atoms with Crippen LogP contribution in [0, 0.1) is 0 Å². The van der Waals surface area contributed by atoms with E-state index in [1.807, 2.05) is 78.7 Å². The van der Waals surface area contributed by atoms with E-state index in [1.54, 1.807) is 6.20 Å². The zero-order chi connectivity index (χ0) is 17.6. The number of carbonyl (C=O) groups is 1. The smallest absolute Gasteiger partial charge is 0.229 e. The van der Waals surface area contributed by atoms with Crippen LogP contribution in [-0.2, 0) is 11.2 Å². The first kappa shape index (κ1) is 17.2. The number of benzene rings is 2. The fourth-order valence-electron chi connectivity index (χ4n) is 2.48. The van der Waals surface area contributed by atoms with E-state index in [4.69, 9.17) is 0 Å². The number of aromatic nitrogens is 1. The van der Waals surface area contributed by atoms with E-state index >= 15 is 0 Å². The molecule has 1 heterocycles. The molecule has 25 heavy (non-hydrogen) atoms. The zero-order valence-electron chi connectivity index (χ0n) is 13.8. The lowest BCUT2D eigenvalue weighted by Crippen LogP contribution is -2.16. The lowest BCUT2D eigenvalue weighted by molar-refractivity contribution is -0.115. The molecule has 4 nitrogen and oxygen atoms in total. The maximum absolute atomic E-state index is 12.2. The Kier molecular flexibility index (Phi) is 5.46. The Hall–Kier alpha value is -2.66. The number of hydrogen-bond donors (Lipinski definition) is 1. The molecule has 1 aromatic heterocycles. The van der Waals surface area contributed by atoms with Crippen LogP contribution in [0.4, 0.5) is 17.2 Å². The van der Waals surface area contributed by atoms with E-state index < -0.39 is 0 Å². The van der Waals surface area contributed by atoms with Crippen LogP contribution in [0.25, 0.3) is 0 Å². The van der Waals surface area contributed by atoms with E-state index in [-0.39, 0.29) is 5.91 Å². The predicted octanol–water partition coefficient (Wildman–Crippen LogP) is 4.79. The summed E-state index contributed by atoms with van der Waals surface area (Å²) in [5.41, 5.74) is 2.99. The predicted molar refractivity (Wildman–Crippen MR) is 105 cm³/mol. The van der Waals surface area contributed by atoms with Crippen LogP contribution >= 0.6 is 15.9 Å². The lowest BCUT2D eigenvalue weighted by atomic mass is 10.1. The Balaban J connectivity index is 1.63. The van der Waals surface area contributed by atoms with Crippen molar-refractivity contribution in [1.82, 2.24) is 4.98 Å². The largest absolute Gasteiger partial charge is 0.343 e. The summed E-state index contributed by atoms with van der Waals surface area (Å²) in [4.78, 5) is 18.5. The Bertz CT molecular complexity index is 850. The minimum absolute atomic E-state index is 0.0882. The van der Waals surface area contributed by atoms with Gasteiger partial charge in [0.1, 0.15) is 5.82 Å². The molecule has 0 fully saturated rings. The molecular formula is C20H18BrN3O. The van der Waals surface area contributed by atoms with E-state index in [0.717, 1.165) is 21.4 Å². The van der Waals surface area contributed by atoms with Crippen molar-refractivity contribution in [1.29, 1.82) is 0 Å². The van der Waals surface area contributed by atoms with Gasteiger partial charge in [-0.3, -0.25) is 4.79 Å². The molecule has 5 heteroatoms. The number of pyridine rings is 1. The topological polar surface area (TPSA) is 45.2 Å². The lowest BCUT2D eigenvalue weighted by Gasteiger charge is -2.19. The summed E-state index contributed by atoms with van der Waals surface area (Å²) < 4.78 is 0.962. The molecule has 3 aromatic rings. The van der Waals surface area contributed by atoms with Crippen molar-refractivity contribution in [2.45, 2.75) is 6.42 Å². The molecule has 1 N–H and O–H groups in total. The number of anilines is 3. The average molecular weight is 396 g/mol. The van der Waals surface area contributed by atoms with Gasteiger partial charge in [-0.25, -0.2) is 4.98 Å². The van der Waals surface area contributed by atoms with Crippen molar-refractivity contribution in [2.24, 2.45) is 0 Å². The maximum atomic E-state index is 12.2. The van der Waals surface area contributed by atoms with Gasteiger partial charge in [-0.05, 0) is 42.0 Å². The first-order valence-electron chi connectivity index (χ1n) is 7.91. The van der Waals surface area contributed by atoms with Crippen molar-refractivity contribution < 1.29 is 4.79 Å². The summed E-state index contributed by atoms with van der Waals surface area (Å²) in [5.74, 6) is 0.458. The zero-order valence-corrected chi connectivity index (χ0v) is 15.4. The van der Waals surface area contributed by atoms with Crippen LogP contribution in [0.3, 0.4) is 0 Å². The van der Waals surface area contributed by atoms with Crippen LogP contribution in [0.1, 0.15) is 5.56 Å². The molecule has 0 radical (unpaired) electrons. The maximum Gasteiger partial charge on any atom is 0.229 e. The second-order valence-electron chi connectivity index (χ2n) is 5.65. The summed E-state index contributed by atoms with van der Waals surface area (Å²) in [5, 5.41) is 2.83. The van der Waals surface area contributed by atoms with Crippen LogP contribution in [0.15, 0.2) is 77.4 Å². The van der Waals surface area contributed by atoms with Gasteiger partial charge in [-0.15, -0.1) is 0 Å². The summed E-state index contributed by atoms with van der Waals surface area (Å²) in [7, 11) is 1.98. The van der Waals surface area contributed by atoms with Gasteiger partial charge in [0, 0.05) is 17.2 Å². The van der Waals surface area contributed by atoms with E-state index in [9.17, 15) is 4.79 Å². The highest BCUT2D eigenvalue weighted by Crippen LogP contribution is 2.23. The van der Waals surface area contributed by atoms with Crippen LogP contribution < -0.4 is 10.2 Å². The Morgan fingerprint density at radius 2 is 1.84 bits per heavy atom. The van der Waals surface area contributed by atoms with E-state index in [1.165, 1.54) is 0 Å². The van der Waals surface area contributed by atoms with Gasteiger partial charge in [-0.1, -0.05) is 46.3 Å². The summed E-state index contributed by atoms with van der Waals surface area (Å²) in [6, 6.07) is 21.5. The first-order valence-corrected chi connectivity index (χ1v) is 8.70. The monoisotopic (exact) mass is 395 g/mol. The molecule has 0 aliphatic rings. The molecule has 0 bridgehead atoms. The van der Waals surface area contributed by atoms with Gasteiger partial charge >= 0.3 is 0 Å². The standard InChI is InChI=1S/C20H18BrN3O/c1-24(17-8-3-2-4-9-17)18-10-11-19(22-14-18)23-20(25)13-15-6-5-7-16(21)12-15/h2-12,14H,13H2,1H3,(H,22,23,25). The van der Waals surface area contributed by atoms with Crippen LogP contribution in [0.5, 0.6) is 0 Å². The summed E-state index contributed by atoms with van der Waals surface area (Å²) in [6.45, 7) is 0. The van der Waals surface area contributed by atoms with Gasteiger partial charge in [0.15, 0.2) is 0 Å². The van der Waals surface area contributed by atoms with Crippen molar-refractivity contribution in [3.8, 4) is 0 Å². The molecule has 0 aliphatic carbocycles. The molecule has 0 aliphatic heterocycles. The normalized spacial score (nSPS) is 10.3. The Labute approximate surface area is 155 Å². The quantitative estimate of drug-likeness (QED) is 0.674. The average Bonchev–Trinajstić information content (AvgIpc) is 2.62. The van der Waals surface area contributed by atoms with Crippen LogP contribution in [-0.4, -0.2) is 17.9 Å². The Morgan fingerprint density at radius 3 is 2.52 bits per heavy atom. The van der Waals surface area contributed by atoms with Gasteiger partial charge in [-0.2, -0.15) is 0 Å². The number of halogens is 1. The second-order valence-corrected chi connectivity index (χ2v) is 6.57. The molecular weight excluding hydrogens is 378 g/mol. The first-order chi connectivity index (χ1) is 12.1. The highest BCUT2D eigenvalue weighted by atomic mass is 79.9. The number of amides is 1. The third kappa shape index (κ3) is 4.67. The summed E-state index contributed by atoms with van der Waals surface area (Å²) >= 11 is 3.41. The van der Waals surface area contributed by atoms with Gasteiger partial charge in [0.25, 0.3) is 0 Å². The second kappa shape index (κ2) is 7.94. The summed E-state index contributed by atoms with van der Waals surface area (Å²) in [6.07, 6.45) is 2.06. The minimum Gasteiger partial charge on any atom is -0.343 e. The molecule has 2 aromatic carbocycles. The highest BCUT2D eigenvalue weighted by molar-refractivity contribution is 9.10. The number of rotatable bonds is 5. The van der Waals surface area contributed by atoms with Gasteiger partial charge < -0.3 is 10.2 Å². The molecule has 0 saturated carbocycles. The van der Waals surface area contributed by atoms with Gasteiger partial charge in [0.2, 0.25) is 5.91 Å². The molecule has 1 amide bonds. The molecule has 0 saturated heterocycles. The minimum atomic E-state index is -0.0882. The third-order valence-electron chi connectivity index (χ3n) is 3.80. The molecule has 0 spiro atoms. The van der Waals surface area contributed by atoms with Crippen molar-refractivity contribution >= 4 is 39.0 Å².